The van der Waals surface area contributed by atoms with E-state index in [-0.39, 0.29) is 6.04 Å². The van der Waals surface area contributed by atoms with Crippen LogP contribution >= 0.6 is 0 Å². The van der Waals surface area contributed by atoms with Crippen LogP contribution in [0.4, 0.5) is 0 Å². The molecule has 1 aromatic heterocycles. The zero-order valence-electron chi connectivity index (χ0n) is 18.2. The van der Waals surface area contributed by atoms with Crippen molar-refractivity contribution in [3.8, 4) is 11.5 Å². The van der Waals surface area contributed by atoms with E-state index in [0.717, 1.165) is 30.9 Å². The molecule has 0 spiro atoms. The zero-order chi connectivity index (χ0) is 21.5. The van der Waals surface area contributed by atoms with Gasteiger partial charge in [0.25, 0.3) is 0 Å². The number of allylic oxidation sites excluding steroid dienone is 1. The molecule has 32 heavy (non-hydrogen) atoms. The van der Waals surface area contributed by atoms with Crippen molar-refractivity contribution >= 4 is 10.9 Å². The second kappa shape index (κ2) is 7.79. The summed E-state index contributed by atoms with van der Waals surface area (Å²) in [5.41, 5.74) is 7.75. The highest BCUT2D eigenvalue weighted by Gasteiger charge is 2.31. The molecular weight excluding hydrogens is 396 g/mol. The highest BCUT2D eigenvalue weighted by molar-refractivity contribution is 5.85. The minimum Gasteiger partial charge on any atom is -0.454 e. The molecule has 0 radical (unpaired) electrons. The maximum absolute atomic E-state index is 5.69. The summed E-state index contributed by atoms with van der Waals surface area (Å²) in [5, 5.41) is 1.33. The number of ether oxygens (including phenoxy) is 2. The average molecular weight is 423 g/mol. The fourth-order valence-electron chi connectivity index (χ4n) is 5.02. The Labute approximate surface area is 188 Å². The number of nitrogens with one attached hydrogen (secondary N) is 1. The Morgan fingerprint density at radius 1 is 1.00 bits per heavy atom. The van der Waals surface area contributed by atoms with Crippen molar-refractivity contribution < 1.29 is 9.47 Å². The lowest BCUT2D eigenvalue weighted by Gasteiger charge is -2.35. The molecule has 0 saturated heterocycles. The van der Waals surface area contributed by atoms with Crippen LogP contribution in [-0.4, -0.2) is 23.2 Å². The molecule has 0 aliphatic carbocycles. The number of para-hydroxylation sites is 1. The molecule has 2 aliphatic heterocycles. The quantitative estimate of drug-likeness (QED) is 0.444. The standard InChI is InChI=1S/C28H26N2O2/c1-19-6-4-7-20(16-19)8-5-14-30-15-13-23-22-9-2-3-10-24(22)29-27(23)28(30)21-11-12-25-26(17-21)32-18-31-25/h2-7,9-12,14,16-17,28-29H,8,13,15,18H2,1H3/b14-5+. The van der Waals surface area contributed by atoms with Gasteiger partial charge in [0.15, 0.2) is 11.5 Å². The van der Waals surface area contributed by atoms with Crippen LogP contribution in [0.25, 0.3) is 10.9 Å². The van der Waals surface area contributed by atoms with Gasteiger partial charge in [0.1, 0.15) is 0 Å². The first-order chi connectivity index (χ1) is 15.8. The lowest BCUT2D eigenvalue weighted by molar-refractivity contribution is 0.174. The fraction of sp³-hybridized carbons (Fsp3) is 0.214. The molecule has 0 saturated carbocycles. The molecule has 4 heteroatoms. The van der Waals surface area contributed by atoms with Crippen molar-refractivity contribution in [2.45, 2.75) is 25.8 Å². The van der Waals surface area contributed by atoms with Crippen LogP contribution in [0.2, 0.25) is 0 Å². The largest absolute Gasteiger partial charge is 0.454 e. The third kappa shape index (κ3) is 3.32. The summed E-state index contributed by atoms with van der Waals surface area (Å²) in [7, 11) is 0. The van der Waals surface area contributed by atoms with Crippen molar-refractivity contribution in [2.75, 3.05) is 13.3 Å². The van der Waals surface area contributed by atoms with Crippen molar-refractivity contribution in [3.05, 3.63) is 107 Å². The van der Waals surface area contributed by atoms with E-state index in [0.29, 0.717) is 6.79 Å². The summed E-state index contributed by atoms with van der Waals surface area (Å²) in [6, 6.07) is 23.8. The van der Waals surface area contributed by atoms with Crippen LogP contribution in [0.15, 0.2) is 79.0 Å². The van der Waals surface area contributed by atoms with Gasteiger partial charge >= 0.3 is 0 Å². The Kier molecular flexibility index (Phi) is 4.64. The van der Waals surface area contributed by atoms with Gasteiger partial charge in [0.2, 0.25) is 6.79 Å². The number of hydrogen-bond acceptors (Lipinski definition) is 3. The molecular formula is C28H26N2O2. The van der Waals surface area contributed by atoms with Gasteiger partial charge in [-0.2, -0.15) is 0 Å². The normalized spacial score (nSPS) is 17.3. The van der Waals surface area contributed by atoms with Gasteiger partial charge < -0.3 is 19.4 Å². The molecule has 1 N–H and O–H groups in total. The van der Waals surface area contributed by atoms with Crippen LogP contribution < -0.4 is 9.47 Å². The number of hydrogen-bond donors (Lipinski definition) is 1. The number of benzene rings is 3. The summed E-state index contributed by atoms with van der Waals surface area (Å²) in [4.78, 5) is 6.18. The number of nitrogens with zero attached hydrogens (tertiary/aromatic N) is 1. The van der Waals surface area contributed by atoms with E-state index in [1.165, 1.54) is 38.9 Å². The molecule has 0 amide bonds. The van der Waals surface area contributed by atoms with E-state index in [2.05, 4.69) is 89.7 Å². The van der Waals surface area contributed by atoms with Crippen molar-refractivity contribution in [3.63, 3.8) is 0 Å². The molecule has 6 rings (SSSR count). The number of aromatic amines is 1. The van der Waals surface area contributed by atoms with Gasteiger partial charge in [-0.05, 0) is 60.9 Å². The topological polar surface area (TPSA) is 37.5 Å². The van der Waals surface area contributed by atoms with Crippen LogP contribution in [0.3, 0.4) is 0 Å². The third-order valence-corrected chi connectivity index (χ3v) is 6.52. The van der Waals surface area contributed by atoms with Crippen molar-refractivity contribution in [1.29, 1.82) is 0 Å². The lowest BCUT2D eigenvalue weighted by atomic mass is 9.92. The Balaban J connectivity index is 1.39. The maximum Gasteiger partial charge on any atom is 0.231 e. The summed E-state index contributed by atoms with van der Waals surface area (Å²) in [5.74, 6) is 1.65. The van der Waals surface area contributed by atoms with Crippen molar-refractivity contribution in [1.82, 2.24) is 9.88 Å². The van der Waals surface area contributed by atoms with Gasteiger partial charge in [-0.1, -0.05) is 60.2 Å². The third-order valence-electron chi connectivity index (χ3n) is 6.52. The molecule has 1 unspecified atom stereocenters. The average Bonchev–Trinajstić information content (AvgIpc) is 3.43. The second-order valence-corrected chi connectivity index (χ2v) is 8.64. The molecule has 4 nitrogen and oxygen atoms in total. The molecule has 160 valence electrons. The van der Waals surface area contributed by atoms with Crippen LogP contribution in [0.5, 0.6) is 11.5 Å². The Bertz CT molecular complexity index is 1320. The van der Waals surface area contributed by atoms with Gasteiger partial charge in [0, 0.05) is 23.1 Å². The smallest absolute Gasteiger partial charge is 0.231 e. The van der Waals surface area contributed by atoms with Crippen LogP contribution in [0, 0.1) is 6.92 Å². The van der Waals surface area contributed by atoms with Gasteiger partial charge in [-0.15, -0.1) is 0 Å². The fourth-order valence-corrected chi connectivity index (χ4v) is 5.02. The Morgan fingerprint density at radius 2 is 1.91 bits per heavy atom. The monoisotopic (exact) mass is 422 g/mol. The molecule has 3 aromatic carbocycles. The van der Waals surface area contributed by atoms with E-state index in [1.807, 2.05) is 6.07 Å². The minimum absolute atomic E-state index is 0.106. The maximum atomic E-state index is 5.69. The number of aryl methyl sites for hydroxylation is 1. The van der Waals surface area contributed by atoms with Gasteiger partial charge in [0.05, 0.1) is 6.04 Å². The van der Waals surface area contributed by atoms with Gasteiger partial charge in [-0.25, -0.2) is 0 Å². The van der Waals surface area contributed by atoms with Crippen LogP contribution in [0.1, 0.15) is 34.0 Å². The molecule has 0 fully saturated rings. The summed E-state index contributed by atoms with van der Waals surface area (Å²) >= 11 is 0. The lowest BCUT2D eigenvalue weighted by Crippen LogP contribution is -2.32. The van der Waals surface area contributed by atoms with Crippen LogP contribution in [-0.2, 0) is 12.8 Å². The van der Waals surface area contributed by atoms with Gasteiger partial charge in [-0.3, -0.25) is 0 Å². The molecule has 4 aromatic rings. The summed E-state index contributed by atoms with van der Waals surface area (Å²) in [6.07, 6.45) is 6.50. The Morgan fingerprint density at radius 3 is 2.84 bits per heavy atom. The highest BCUT2D eigenvalue weighted by Crippen LogP contribution is 2.42. The Hall–Kier alpha value is -3.66. The minimum atomic E-state index is 0.106. The predicted molar refractivity (Wildman–Crippen MR) is 127 cm³/mol. The second-order valence-electron chi connectivity index (χ2n) is 8.64. The highest BCUT2D eigenvalue weighted by atomic mass is 16.7. The SMILES string of the molecule is Cc1cccc(C/C=C/N2CCc3c([nH]c4ccccc34)C2c2ccc3c(c2)OCO3)c1. The number of fused-ring (bicyclic) bond motifs is 4. The number of H-pyrrole nitrogens is 1. The van der Waals surface area contributed by atoms with E-state index in [9.17, 15) is 0 Å². The van der Waals surface area contributed by atoms with E-state index in [1.54, 1.807) is 0 Å². The molecule has 0 bridgehead atoms. The first-order valence-electron chi connectivity index (χ1n) is 11.2. The molecule has 2 aliphatic rings. The van der Waals surface area contributed by atoms with E-state index in [4.69, 9.17) is 9.47 Å². The number of aromatic nitrogens is 1. The zero-order valence-corrected chi connectivity index (χ0v) is 18.2. The number of rotatable bonds is 4. The summed E-state index contributed by atoms with van der Waals surface area (Å²) < 4.78 is 11.2. The van der Waals surface area contributed by atoms with Crippen molar-refractivity contribution in [2.24, 2.45) is 0 Å². The van der Waals surface area contributed by atoms with E-state index < -0.39 is 0 Å². The molecule has 3 heterocycles. The predicted octanol–water partition coefficient (Wildman–Crippen LogP) is 5.91. The summed E-state index contributed by atoms with van der Waals surface area (Å²) in [6.45, 7) is 3.41. The molecule has 1 atom stereocenters. The first-order valence-corrected chi connectivity index (χ1v) is 11.2. The van der Waals surface area contributed by atoms with E-state index >= 15 is 0 Å². The first kappa shape index (κ1) is 19.1.